The second-order valence-corrected chi connectivity index (χ2v) is 5.22. The maximum atomic E-state index is 9.99. The van der Waals surface area contributed by atoms with E-state index in [0.717, 1.165) is 16.9 Å². The number of thioether (sulfide) groups is 1. The molecule has 0 fully saturated rings. The van der Waals surface area contributed by atoms with Crippen LogP contribution in [0, 0.1) is 6.92 Å². The Morgan fingerprint density at radius 3 is 2.75 bits per heavy atom. The van der Waals surface area contributed by atoms with E-state index in [1.54, 1.807) is 11.8 Å². The second kappa shape index (κ2) is 5.46. The van der Waals surface area contributed by atoms with Gasteiger partial charge in [-0.1, -0.05) is 0 Å². The number of nitrogens with one attached hydrogen (secondary N) is 1. The van der Waals surface area contributed by atoms with Crippen LogP contribution in [-0.4, -0.2) is 29.3 Å². The molecule has 1 rings (SSSR count). The number of benzene rings is 1. The van der Waals surface area contributed by atoms with E-state index in [0.29, 0.717) is 12.3 Å². The lowest BCUT2D eigenvalue weighted by atomic mass is 10.1. The van der Waals surface area contributed by atoms with E-state index in [-0.39, 0.29) is 0 Å². The first-order chi connectivity index (χ1) is 7.44. The number of rotatable bonds is 5. The van der Waals surface area contributed by atoms with Gasteiger partial charge in [0.25, 0.3) is 0 Å². The highest BCUT2D eigenvalue weighted by Crippen LogP contribution is 2.18. The van der Waals surface area contributed by atoms with Crippen molar-refractivity contribution in [3.63, 3.8) is 0 Å². The van der Waals surface area contributed by atoms with Crippen LogP contribution in [0.1, 0.15) is 12.5 Å². The molecule has 16 heavy (non-hydrogen) atoms. The quantitative estimate of drug-likeness (QED) is 0.690. The molecule has 0 bridgehead atoms. The van der Waals surface area contributed by atoms with Crippen molar-refractivity contribution in [1.82, 2.24) is 0 Å². The van der Waals surface area contributed by atoms with Gasteiger partial charge in [0, 0.05) is 23.7 Å². The van der Waals surface area contributed by atoms with Gasteiger partial charge in [-0.25, -0.2) is 0 Å². The van der Waals surface area contributed by atoms with Crippen molar-refractivity contribution in [2.75, 3.05) is 29.6 Å². The van der Waals surface area contributed by atoms with Crippen molar-refractivity contribution >= 4 is 23.1 Å². The Morgan fingerprint density at radius 2 is 2.19 bits per heavy atom. The highest BCUT2D eigenvalue weighted by atomic mass is 32.2. The number of nitrogens with two attached hydrogens (primary N) is 1. The van der Waals surface area contributed by atoms with Gasteiger partial charge >= 0.3 is 0 Å². The molecule has 0 saturated carbocycles. The Bertz CT molecular complexity index is 353. The fourth-order valence-corrected chi connectivity index (χ4v) is 2.16. The third-order valence-electron chi connectivity index (χ3n) is 2.40. The number of aryl methyl sites for hydroxylation is 1. The van der Waals surface area contributed by atoms with E-state index in [1.165, 1.54) is 0 Å². The lowest BCUT2D eigenvalue weighted by molar-refractivity contribution is 0.0997. The highest BCUT2D eigenvalue weighted by Gasteiger charge is 2.18. The summed E-state index contributed by atoms with van der Waals surface area (Å²) < 4.78 is 0. The average Bonchev–Trinajstić information content (AvgIpc) is 2.20. The van der Waals surface area contributed by atoms with E-state index >= 15 is 0 Å². The molecule has 1 unspecified atom stereocenters. The maximum Gasteiger partial charge on any atom is 0.0880 e. The van der Waals surface area contributed by atoms with Gasteiger partial charge in [0.1, 0.15) is 0 Å². The summed E-state index contributed by atoms with van der Waals surface area (Å²) in [6.45, 7) is 4.35. The Balaban J connectivity index is 2.57. The molecule has 1 atom stereocenters. The van der Waals surface area contributed by atoms with Gasteiger partial charge in [-0.15, -0.1) is 0 Å². The first-order valence-electron chi connectivity index (χ1n) is 5.26. The normalized spacial score (nSPS) is 14.5. The molecule has 0 amide bonds. The molecule has 4 heteroatoms. The molecular weight excluding hydrogens is 220 g/mol. The van der Waals surface area contributed by atoms with E-state index in [2.05, 4.69) is 5.32 Å². The molecule has 90 valence electrons. The van der Waals surface area contributed by atoms with Crippen LogP contribution in [0.2, 0.25) is 0 Å². The molecule has 0 saturated heterocycles. The maximum absolute atomic E-state index is 9.99. The third kappa shape index (κ3) is 3.94. The smallest absolute Gasteiger partial charge is 0.0880 e. The summed E-state index contributed by atoms with van der Waals surface area (Å²) in [4.78, 5) is 0. The molecular formula is C12H20N2OS. The SMILES string of the molecule is CSCC(C)(O)CNc1ccc(N)c(C)c1. The Labute approximate surface area is 101 Å². The van der Waals surface area contributed by atoms with Gasteiger partial charge in [0.05, 0.1) is 5.60 Å². The van der Waals surface area contributed by atoms with E-state index in [4.69, 9.17) is 5.73 Å². The summed E-state index contributed by atoms with van der Waals surface area (Å²) in [7, 11) is 0. The molecule has 0 spiro atoms. The summed E-state index contributed by atoms with van der Waals surface area (Å²) in [5.41, 5.74) is 7.89. The van der Waals surface area contributed by atoms with Crippen LogP contribution in [0.4, 0.5) is 11.4 Å². The minimum Gasteiger partial charge on any atom is -0.399 e. The van der Waals surface area contributed by atoms with Crippen molar-refractivity contribution in [2.24, 2.45) is 0 Å². The topological polar surface area (TPSA) is 58.3 Å². The van der Waals surface area contributed by atoms with Crippen LogP contribution in [-0.2, 0) is 0 Å². The van der Waals surface area contributed by atoms with Gasteiger partial charge in [-0.05, 0) is 43.9 Å². The van der Waals surface area contributed by atoms with Crippen molar-refractivity contribution in [2.45, 2.75) is 19.4 Å². The number of anilines is 2. The zero-order valence-corrected chi connectivity index (χ0v) is 10.9. The minimum atomic E-state index is -0.686. The fraction of sp³-hybridized carbons (Fsp3) is 0.500. The van der Waals surface area contributed by atoms with Crippen molar-refractivity contribution in [3.8, 4) is 0 Å². The summed E-state index contributed by atoms with van der Waals surface area (Å²) in [6, 6.07) is 5.79. The van der Waals surface area contributed by atoms with Crippen LogP contribution in [0.5, 0.6) is 0 Å². The zero-order chi connectivity index (χ0) is 12.2. The van der Waals surface area contributed by atoms with Crippen LogP contribution in [0.25, 0.3) is 0 Å². The average molecular weight is 240 g/mol. The monoisotopic (exact) mass is 240 g/mol. The van der Waals surface area contributed by atoms with Crippen molar-refractivity contribution in [3.05, 3.63) is 23.8 Å². The molecule has 0 heterocycles. The fourth-order valence-electron chi connectivity index (χ4n) is 1.44. The Hall–Kier alpha value is -0.870. The van der Waals surface area contributed by atoms with Crippen LogP contribution in [0.3, 0.4) is 0 Å². The predicted octanol–water partition coefficient (Wildman–Crippen LogP) is 2.10. The van der Waals surface area contributed by atoms with E-state index in [9.17, 15) is 5.11 Å². The Morgan fingerprint density at radius 1 is 1.50 bits per heavy atom. The molecule has 0 aliphatic carbocycles. The Kier molecular flexibility index (Phi) is 4.50. The predicted molar refractivity (Wildman–Crippen MR) is 73.1 cm³/mol. The molecule has 0 radical (unpaired) electrons. The number of nitrogen functional groups attached to an aromatic ring is 1. The van der Waals surface area contributed by atoms with Crippen molar-refractivity contribution < 1.29 is 5.11 Å². The number of aliphatic hydroxyl groups is 1. The first-order valence-corrected chi connectivity index (χ1v) is 6.65. The second-order valence-electron chi connectivity index (χ2n) is 4.35. The van der Waals surface area contributed by atoms with E-state index in [1.807, 2.05) is 38.3 Å². The summed E-state index contributed by atoms with van der Waals surface area (Å²) in [5, 5.41) is 13.2. The number of hydrogen-bond donors (Lipinski definition) is 3. The summed E-state index contributed by atoms with van der Waals surface area (Å²) in [6.07, 6.45) is 1.99. The minimum absolute atomic E-state index is 0.539. The summed E-state index contributed by atoms with van der Waals surface area (Å²) in [5.74, 6) is 0.716. The van der Waals surface area contributed by atoms with Gasteiger partial charge in [-0.2, -0.15) is 11.8 Å². The molecule has 0 aliphatic heterocycles. The van der Waals surface area contributed by atoms with Crippen LogP contribution < -0.4 is 11.1 Å². The van der Waals surface area contributed by atoms with Gasteiger partial charge in [-0.3, -0.25) is 0 Å². The van der Waals surface area contributed by atoms with Gasteiger partial charge < -0.3 is 16.2 Å². The lowest BCUT2D eigenvalue weighted by Gasteiger charge is -2.23. The standard InChI is InChI=1S/C12H20N2OS/c1-9-6-10(4-5-11(9)13)14-7-12(2,15)8-16-3/h4-6,14-15H,7-8,13H2,1-3H3. The van der Waals surface area contributed by atoms with Gasteiger partial charge in [0.15, 0.2) is 0 Å². The molecule has 3 nitrogen and oxygen atoms in total. The first kappa shape index (κ1) is 13.2. The molecule has 0 aromatic heterocycles. The molecule has 4 N–H and O–H groups in total. The van der Waals surface area contributed by atoms with E-state index < -0.39 is 5.60 Å². The lowest BCUT2D eigenvalue weighted by Crippen LogP contribution is -2.36. The highest BCUT2D eigenvalue weighted by molar-refractivity contribution is 7.98. The number of hydrogen-bond acceptors (Lipinski definition) is 4. The van der Waals surface area contributed by atoms with Gasteiger partial charge in [0.2, 0.25) is 0 Å². The molecule has 1 aromatic rings. The molecule has 1 aromatic carbocycles. The zero-order valence-electron chi connectivity index (χ0n) is 10.1. The van der Waals surface area contributed by atoms with Crippen molar-refractivity contribution in [1.29, 1.82) is 0 Å². The molecule has 0 aliphatic rings. The van der Waals surface area contributed by atoms with Crippen LogP contribution >= 0.6 is 11.8 Å². The van der Waals surface area contributed by atoms with Crippen LogP contribution in [0.15, 0.2) is 18.2 Å². The third-order valence-corrected chi connectivity index (χ3v) is 3.31. The largest absolute Gasteiger partial charge is 0.399 e. The summed E-state index contributed by atoms with van der Waals surface area (Å²) >= 11 is 1.64.